The molecule has 2 aromatic heterocycles. The van der Waals surface area contributed by atoms with Crippen LogP contribution in [0.4, 0.5) is 5.69 Å². The van der Waals surface area contributed by atoms with Gasteiger partial charge in [0.05, 0.1) is 27.8 Å². The van der Waals surface area contributed by atoms with Crippen molar-refractivity contribution in [3.63, 3.8) is 0 Å². The lowest BCUT2D eigenvalue weighted by atomic mass is 10.3. The molecule has 1 N–H and O–H groups in total. The smallest absolute Gasteiger partial charge is 0.265 e. The van der Waals surface area contributed by atoms with E-state index >= 15 is 0 Å². The van der Waals surface area contributed by atoms with Crippen LogP contribution in [0.25, 0.3) is 0 Å². The third-order valence-electron chi connectivity index (χ3n) is 3.53. The molecule has 4 nitrogen and oxygen atoms in total. The topological polar surface area (TPSA) is 46.9 Å². The van der Waals surface area contributed by atoms with Crippen molar-refractivity contribution < 1.29 is 4.79 Å². The largest absolute Gasteiger partial charge is 0.321 e. The minimum absolute atomic E-state index is 0.0983. The first-order valence-electron chi connectivity index (χ1n) is 7.18. The van der Waals surface area contributed by atoms with Crippen molar-refractivity contribution in [2.45, 2.75) is 20.4 Å². The Morgan fingerprint density at radius 3 is 2.70 bits per heavy atom. The number of nitrogens with one attached hydrogen (secondary N) is 1. The van der Waals surface area contributed by atoms with Crippen LogP contribution in [0.15, 0.2) is 41.8 Å². The van der Waals surface area contributed by atoms with E-state index in [4.69, 9.17) is 11.6 Å². The molecule has 0 atom stereocenters. The summed E-state index contributed by atoms with van der Waals surface area (Å²) in [6.07, 6.45) is 0. The van der Waals surface area contributed by atoms with Gasteiger partial charge in [0.2, 0.25) is 0 Å². The third kappa shape index (κ3) is 3.46. The van der Waals surface area contributed by atoms with E-state index in [2.05, 4.69) is 10.4 Å². The van der Waals surface area contributed by atoms with Crippen molar-refractivity contribution in [2.24, 2.45) is 0 Å². The Labute approximate surface area is 143 Å². The van der Waals surface area contributed by atoms with Crippen LogP contribution in [0.1, 0.15) is 26.6 Å². The molecule has 0 aliphatic carbocycles. The fourth-order valence-corrected chi connectivity index (χ4v) is 3.23. The molecule has 0 unspecified atom stereocenters. The summed E-state index contributed by atoms with van der Waals surface area (Å²) in [6, 6.07) is 11.3. The summed E-state index contributed by atoms with van der Waals surface area (Å²) in [5, 5.41) is 9.98. The summed E-state index contributed by atoms with van der Waals surface area (Å²) in [5.74, 6) is -0.0983. The number of carbonyl (C=O) groups is 1. The van der Waals surface area contributed by atoms with Crippen molar-refractivity contribution >= 4 is 34.5 Å². The molecular weight excluding hydrogens is 330 g/mol. The molecule has 1 amide bonds. The molecule has 0 bridgehead atoms. The van der Waals surface area contributed by atoms with E-state index in [1.807, 2.05) is 60.3 Å². The first-order chi connectivity index (χ1) is 11.0. The molecule has 0 saturated carbocycles. The minimum atomic E-state index is -0.0983. The number of thiophene rings is 1. The molecule has 118 valence electrons. The van der Waals surface area contributed by atoms with E-state index < -0.39 is 0 Å². The number of benzene rings is 1. The van der Waals surface area contributed by atoms with Gasteiger partial charge in [-0.15, -0.1) is 11.3 Å². The number of hydrogen-bond acceptors (Lipinski definition) is 3. The molecule has 3 rings (SSSR count). The Kier molecular flexibility index (Phi) is 4.50. The molecule has 0 fully saturated rings. The van der Waals surface area contributed by atoms with Gasteiger partial charge in [0, 0.05) is 5.69 Å². The zero-order valence-electron chi connectivity index (χ0n) is 12.8. The number of aryl methyl sites for hydroxylation is 1. The van der Waals surface area contributed by atoms with Gasteiger partial charge in [-0.1, -0.05) is 29.8 Å². The predicted molar refractivity (Wildman–Crippen MR) is 94.5 cm³/mol. The van der Waals surface area contributed by atoms with Crippen LogP contribution >= 0.6 is 22.9 Å². The van der Waals surface area contributed by atoms with E-state index in [-0.39, 0.29) is 5.91 Å². The summed E-state index contributed by atoms with van der Waals surface area (Å²) < 4.78 is 1.86. The van der Waals surface area contributed by atoms with Gasteiger partial charge in [0.1, 0.15) is 0 Å². The van der Waals surface area contributed by atoms with Crippen LogP contribution in [0.5, 0.6) is 0 Å². The zero-order chi connectivity index (χ0) is 16.4. The second-order valence-corrected chi connectivity index (χ2v) is 6.57. The number of hydrogen-bond donors (Lipinski definition) is 1. The van der Waals surface area contributed by atoms with Gasteiger partial charge >= 0.3 is 0 Å². The number of amides is 1. The number of nitrogens with zero attached hydrogens (tertiary/aromatic N) is 2. The number of carbonyl (C=O) groups excluding carboxylic acids is 1. The predicted octanol–water partition coefficient (Wildman–Crippen LogP) is 4.52. The molecule has 0 aliphatic rings. The number of rotatable bonds is 4. The number of anilines is 1. The maximum atomic E-state index is 12.3. The third-order valence-corrected chi connectivity index (χ3v) is 5.06. The lowest BCUT2D eigenvalue weighted by Gasteiger charge is -2.03. The fraction of sp³-hybridized carbons (Fsp3) is 0.176. The highest BCUT2D eigenvalue weighted by atomic mass is 35.5. The van der Waals surface area contributed by atoms with E-state index in [0.29, 0.717) is 16.4 Å². The SMILES string of the molecule is Cc1nn(Cc2csc(C(=O)Nc3ccccc3)c2)c(C)c1Cl. The lowest BCUT2D eigenvalue weighted by Crippen LogP contribution is -2.10. The highest BCUT2D eigenvalue weighted by Crippen LogP contribution is 2.22. The van der Waals surface area contributed by atoms with Crippen molar-refractivity contribution in [3.8, 4) is 0 Å². The van der Waals surface area contributed by atoms with Gasteiger partial charge in [-0.3, -0.25) is 9.48 Å². The Balaban J connectivity index is 1.72. The van der Waals surface area contributed by atoms with Gasteiger partial charge in [-0.25, -0.2) is 0 Å². The first-order valence-corrected chi connectivity index (χ1v) is 8.43. The molecule has 0 saturated heterocycles. The molecule has 0 spiro atoms. The molecular formula is C17H16ClN3OS. The summed E-state index contributed by atoms with van der Waals surface area (Å²) in [5.41, 5.74) is 3.58. The maximum absolute atomic E-state index is 12.3. The Bertz CT molecular complexity index is 839. The van der Waals surface area contributed by atoms with Gasteiger partial charge in [-0.05, 0) is 43.0 Å². The highest BCUT2D eigenvalue weighted by molar-refractivity contribution is 7.12. The molecule has 6 heteroatoms. The van der Waals surface area contributed by atoms with Gasteiger partial charge < -0.3 is 5.32 Å². The van der Waals surface area contributed by atoms with E-state index in [1.54, 1.807) is 0 Å². The second kappa shape index (κ2) is 6.56. The van der Waals surface area contributed by atoms with Crippen LogP contribution in [0.3, 0.4) is 0 Å². The molecule has 0 aliphatic heterocycles. The van der Waals surface area contributed by atoms with Crippen LogP contribution < -0.4 is 5.32 Å². The summed E-state index contributed by atoms with van der Waals surface area (Å²) in [6.45, 7) is 4.43. The first kappa shape index (κ1) is 15.8. The standard InChI is InChI=1S/C17H16ClN3OS/c1-11-16(18)12(2)21(20-11)9-13-8-15(23-10-13)17(22)19-14-6-4-3-5-7-14/h3-8,10H,9H2,1-2H3,(H,19,22). The normalized spacial score (nSPS) is 10.7. The monoisotopic (exact) mass is 345 g/mol. The van der Waals surface area contributed by atoms with Crippen molar-refractivity contribution in [1.82, 2.24) is 9.78 Å². The van der Waals surface area contributed by atoms with Crippen molar-refractivity contribution in [3.05, 3.63) is 68.6 Å². The molecule has 3 aromatic rings. The number of aromatic nitrogens is 2. The molecule has 23 heavy (non-hydrogen) atoms. The molecule has 1 aromatic carbocycles. The fourth-order valence-electron chi connectivity index (χ4n) is 2.29. The zero-order valence-corrected chi connectivity index (χ0v) is 14.4. The average molecular weight is 346 g/mol. The van der Waals surface area contributed by atoms with Crippen LogP contribution in [0.2, 0.25) is 5.02 Å². The van der Waals surface area contributed by atoms with Crippen molar-refractivity contribution in [1.29, 1.82) is 0 Å². The molecule has 2 heterocycles. The summed E-state index contributed by atoms with van der Waals surface area (Å²) in [7, 11) is 0. The Morgan fingerprint density at radius 2 is 2.04 bits per heavy atom. The van der Waals surface area contributed by atoms with Gasteiger partial charge in [0.15, 0.2) is 0 Å². The van der Waals surface area contributed by atoms with Crippen LogP contribution in [-0.2, 0) is 6.54 Å². The number of halogens is 1. The van der Waals surface area contributed by atoms with Gasteiger partial charge in [-0.2, -0.15) is 5.10 Å². The lowest BCUT2D eigenvalue weighted by molar-refractivity contribution is 0.103. The Morgan fingerprint density at radius 1 is 1.30 bits per heavy atom. The van der Waals surface area contributed by atoms with E-state index in [9.17, 15) is 4.79 Å². The van der Waals surface area contributed by atoms with E-state index in [1.165, 1.54) is 11.3 Å². The van der Waals surface area contributed by atoms with Crippen molar-refractivity contribution in [2.75, 3.05) is 5.32 Å². The van der Waals surface area contributed by atoms with Crippen LogP contribution in [0, 0.1) is 13.8 Å². The Hall–Kier alpha value is -2.11. The van der Waals surface area contributed by atoms with E-state index in [0.717, 1.165) is 22.6 Å². The average Bonchev–Trinajstić information content (AvgIpc) is 3.10. The quantitative estimate of drug-likeness (QED) is 0.756. The molecule has 0 radical (unpaired) electrons. The summed E-state index contributed by atoms with van der Waals surface area (Å²) >= 11 is 7.59. The van der Waals surface area contributed by atoms with Gasteiger partial charge in [0.25, 0.3) is 5.91 Å². The minimum Gasteiger partial charge on any atom is -0.321 e. The second-order valence-electron chi connectivity index (χ2n) is 5.28. The van der Waals surface area contributed by atoms with Crippen LogP contribution in [-0.4, -0.2) is 15.7 Å². The maximum Gasteiger partial charge on any atom is 0.265 e. The summed E-state index contributed by atoms with van der Waals surface area (Å²) in [4.78, 5) is 12.9. The highest BCUT2D eigenvalue weighted by Gasteiger charge is 2.13. The number of para-hydroxylation sites is 1.